The fourth-order valence-electron chi connectivity index (χ4n) is 5.03. The minimum absolute atomic E-state index is 0.0325. The number of methoxy groups -OCH3 is 1. The van der Waals surface area contributed by atoms with E-state index in [2.05, 4.69) is 35.8 Å². The zero-order chi connectivity index (χ0) is 24.9. The first-order valence-corrected chi connectivity index (χ1v) is 12.8. The number of unbranched alkanes of at least 4 members (excludes halogenated alkanes) is 1. The monoisotopic (exact) mass is 483 g/mol. The van der Waals surface area contributed by atoms with Gasteiger partial charge < -0.3 is 18.9 Å². The van der Waals surface area contributed by atoms with Crippen LogP contribution in [0, 0.1) is 0 Å². The summed E-state index contributed by atoms with van der Waals surface area (Å²) >= 11 is 0. The first kappa shape index (κ1) is 23.9. The lowest BCUT2D eigenvalue weighted by Crippen LogP contribution is -2.26. The normalized spacial score (nSPS) is 15.6. The number of para-hydroxylation sites is 3. The van der Waals surface area contributed by atoms with Gasteiger partial charge in [-0.2, -0.15) is 0 Å². The number of anilines is 1. The Morgan fingerprint density at radius 1 is 0.972 bits per heavy atom. The number of rotatable bonds is 10. The Bertz CT molecular complexity index is 1330. The van der Waals surface area contributed by atoms with Crippen LogP contribution in [-0.4, -0.2) is 35.7 Å². The molecule has 1 fully saturated rings. The third kappa shape index (κ3) is 4.94. The number of benzene rings is 3. The number of nitrogens with zero attached hydrogens (tertiary/aromatic N) is 3. The van der Waals surface area contributed by atoms with E-state index in [4.69, 9.17) is 14.5 Å². The Hall–Kier alpha value is -3.80. The summed E-state index contributed by atoms with van der Waals surface area (Å²) < 4.78 is 13.5. The van der Waals surface area contributed by atoms with Crippen LogP contribution in [0.2, 0.25) is 0 Å². The van der Waals surface area contributed by atoms with Gasteiger partial charge in [0.15, 0.2) is 0 Å². The van der Waals surface area contributed by atoms with E-state index >= 15 is 0 Å². The quantitative estimate of drug-likeness (QED) is 0.278. The summed E-state index contributed by atoms with van der Waals surface area (Å²) in [6.07, 6.45) is 3.70. The summed E-state index contributed by atoms with van der Waals surface area (Å²) in [6, 6.07) is 24.1. The van der Waals surface area contributed by atoms with Crippen molar-refractivity contribution in [2.24, 2.45) is 0 Å². The van der Waals surface area contributed by atoms with Gasteiger partial charge in [0.1, 0.15) is 23.9 Å². The Balaban J connectivity index is 1.37. The highest BCUT2D eigenvalue weighted by atomic mass is 16.5. The number of aromatic nitrogens is 2. The van der Waals surface area contributed by atoms with E-state index in [9.17, 15) is 4.79 Å². The molecule has 0 bridgehead atoms. The van der Waals surface area contributed by atoms with Gasteiger partial charge in [-0.1, -0.05) is 43.7 Å². The van der Waals surface area contributed by atoms with Gasteiger partial charge in [0.05, 0.1) is 24.7 Å². The molecular formula is C30H33N3O3. The van der Waals surface area contributed by atoms with Gasteiger partial charge >= 0.3 is 0 Å². The van der Waals surface area contributed by atoms with E-state index in [1.807, 2.05) is 53.4 Å². The summed E-state index contributed by atoms with van der Waals surface area (Å²) in [5, 5.41) is 0. The van der Waals surface area contributed by atoms with Crippen molar-refractivity contribution in [2.75, 3.05) is 25.2 Å². The zero-order valence-corrected chi connectivity index (χ0v) is 21.0. The molecule has 3 aromatic carbocycles. The van der Waals surface area contributed by atoms with Gasteiger partial charge in [-0.05, 0) is 60.9 Å². The molecule has 0 N–H and O–H groups in total. The highest BCUT2D eigenvalue weighted by molar-refractivity contribution is 5.97. The van der Waals surface area contributed by atoms with Crippen LogP contribution in [0.1, 0.15) is 43.5 Å². The molecule has 36 heavy (non-hydrogen) atoms. The van der Waals surface area contributed by atoms with Crippen LogP contribution in [0.3, 0.4) is 0 Å². The molecular weight excluding hydrogens is 450 g/mol. The van der Waals surface area contributed by atoms with E-state index < -0.39 is 0 Å². The smallest absolute Gasteiger partial charge is 0.227 e. The van der Waals surface area contributed by atoms with Gasteiger partial charge in [0, 0.05) is 24.6 Å². The SMILES string of the molecule is CCCCc1ccccc1N1C[C@@H](c2nc3ccccc3n2CCOc2ccc(OC)cc2)CC1=O. The fourth-order valence-corrected chi connectivity index (χ4v) is 5.03. The van der Waals surface area contributed by atoms with Crippen LogP contribution in [0.15, 0.2) is 72.8 Å². The van der Waals surface area contributed by atoms with Gasteiger partial charge in [-0.3, -0.25) is 4.79 Å². The molecule has 0 unspecified atom stereocenters. The number of imidazole rings is 1. The molecule has 5 rings (SSSR count). The minimum atomic E-state index is 0.0325. The van der Waals surface area contributed by atoms with Gasteiger partial charge in [0.2, 0.25) is 5.91 Å². The van der Waals surface area contributed by atoms with Crippen LogP contribution in [0.4, 0.5) is 5.69 Å². The van der Waals surface area contributed by atoms with Gasteiger partial charge in [0.25, 0.3) is 0 Å². The molecule has 186 valence electrons. The van der Waals surface area contributed by atoms with Crippen molar-refractivity contribution in [1.29, 1.82) is 0 Å². The van der Waals surface area contributed by atoms with Crippen molar-refractivity contribution in [1.82, 2.24) is 9.55 Å². The molecule has 2 heterocycles. The van der Waals surface area contributed by atoms with Crippen LogP contribution in [0.25, 0.3) is 11.0 Å². The molecule has 0 saturated carbocycles. The second kappa shape index (κ2) is 10.9. The minimum Gasteiger partial charge on any atom is -0.497 e. The lowest BCUT2D eigenvalue weighted by molar-refractivity contribution is -0.117. The fraction of sp³-hybridized carbons (Fsp3) is 0.333. The standard InChI is InChI=1S/C30H33N3O3/c1-3-4-9-22-10-5-7-12-27(22)33-21-23(20-29(33)34)30-31-26-11-6-8-13-28(26)32(30)18-19-36-25-16-14-24(35-2)15-17-25/h5-8,10-17,23H,3-4,9,18-21H2,1-2H3/t23-/m0/s1. The summed E-state index contributed by atoms with van der Waals surface area (Å²) in [4.78, 5) is 20.2. The van der Waals surface area contributed by atoms with Crippen molar-refractivity contribution in [3.8, 4) is 11.5 Å². The van der Waals surface area contributed by atoms with Crippen LogP contribution < -0.4 is 14.4 Å². The van der Waals surface area contributed by atoms with E-state index in [1.54, 1.807) is 7.11 Å². The van der Waals surface area contributed by atoms with Crippen molar-refractivity contribution in [3.63, 3.8) is 0 Å². The maximum Gasteiger partial charge on any atom is 0.227 e. The summed E-state index contributed by atoms with van der Waals surface area (Å²) in [7, 11) is 1.65. The van der Waals surface area contributed by atoms with Crippen molar-refractivity contribution in [3.05, 3.63) is 84.2 Å². The second-order valence-corrected chi connectivity index (χ2v) is 9.27. The lowest BCUT2D eigenvalue weighted by Gasteiger charge is -2.21. The maximum absolute atomic E-state index is 13.2. The van der Waals surface area contributed by atoms with E-state index in [0.717, 1.165) is 53.3 Å². The molecule has 0 radical (unpaired) electrons. The predicted octanol–water partition coefficient (Wildman–Crippen LogP) is 5.99. The molecule has 6 nitrogen and oxygen atoms in total. The number of amides is 1. The number of fused-ring (bicyclic) bond motifs is 1. The number of hydrogen-bond donors (Lipinski definition) is 0. The topological polar surface area (TPSA) is 56.6 Å². The van der Waals surface area contributed by atoms with E-state index in [-0.39, 0.29) is 11.8 Å². The first-order valence-electron chi connectivity index (χ1n) is 12.8. The molecule has 1 aliphatic rings. The summed E-state index contributed by atoms with van der Waals surface area (Å²) in [5.41, 5.74) is 4.31. The van der Waals surface area contributed by atoms with Gasteiger partial charge in [-0.25, -0.2) is 4.98 Å². The molecule has 1 aliphatic heterocycles. The van der Waals surface area contributed by atoms with Gasteiger partial charge in [-0.15, -0.1) is 0 Å². The van der Waals surface area contributed by atoms with Crippen molar-refractivity contribution in [2.45, 2.75) is 45.1 Å². The van der Waals surface area contributed by atoms with Crippen molar-refractivity contribution < 1.29 is 14.3 Å². The van der Waals surface area contributed by atoms with Crippen LogP contribution >= 0.6 is 0 Å². The Morgan fingerprint density at radius 3 is 2.53 bits per heavy atom. The van der Waals surface area contributed by atoms with E-state index in [0.29, 0.717) is 26.1 Å². The van der Waals surface area contributed by atoms with Crippen LogP contribution in [0.5, 0.6) is 11.5 Å². The number of ether oxygens (including phenoxy) is 2. The Morgan fingerprint density at radius 2 is 1.72 bits per heavy atom. The third-order valence-corrected chi connectivity index (χ3v) is 6.90. The number of hydrogen-bond acceptors (Lipinski definition) is 4. The summed E-state index contributed by atoms with van der Waals surface area (Å²) in [5.74, 6) is 2.75. The van der Waals surface area contributed by atoms with Crippen molar-refractivity contribution >= 4 is 22.6 Å². The Kier molecular flexibility index (Phi) is 7.21. The molecule has 4 aromatic rings. The molecule has 0 spiro atoms. The zero-order valence-electron chi connectivity index (χ0n) is 21.0. The molecule has 1 atom stereocenters. The molecule has 1 saturated heterocycles. The average molecular weight is 484 g/mol. The lowest BCUT2D eigenvalue weighted by atomic mass is 10.1. The largest absolute Gasteiger partial charge is 0.497 e. The first-order chi connectivity index (χ1) is 17.7. The predicted molar refractivity (Wildman–Crippen MR) is 143 cm³/mol. The maximum atomic E-state index is 13.2. The molecule has 6 heteroatoms. The molecule has 1 aromatic heterocycles. The van der Waals surface area contributed by atoms with Crippen LogP contribution in [-0.2, 0) is 17.8 Å². The molecule has 1 amide bonds. The summed E-state index contributed by atoms with van der Waals surface area (Å²) in [6.45, 7) is 4.00. The molecule has 0 aliphatic carbocycles. The number of aryl methyl sites for hydroxylation is 1. The number of carbonyl (C=O) groups excluding carboxylic acids is 1. The highest BCUT2D eigenvalue weighted by Crippen LogP contribution is 2.35. The third-order valence-electron chi connectivity index (χ3n) is 6.90. The average Bonchev–Trinajstić information content (AvgIpc) is 3.48. The number of carbonyl (C=O) groups is 1. The highest BCUT2D eigenvalue weighted by Gasteiger charge is 2.35. The Labute approximate surface area is 212 Å². The van der Waals surface area contributed by atoms with E-state index in [1.165, 1.54) is 5.56 Å². The second-order valence-electron chi connectivity index (χ2n) is 9.27.